The molecule has 0 bridgehead atoms. The number of carbonyl (C=O) groups is 1. The lowest BCUT2D eigenvalue weighted by atomic mass is 9.97. The molecule has 0 saturated heterocycles. The second kappa shape index (κ2) is 8.65. The number of nitrogens with zero attached hydrogens (tertiary/aromatic N) is 3. The standard InChI is InChI=1S/C18H28N4O/c1-4-7-16(8-5-2)18(23)19-10-6-9-15-12-20-17-11-14(3)21-22(17)13-15/h11-13,16H,4-10H2,1-3H3,(H,19,23). The summed E-state index contributed by atoms with van der Waals surface area (Å²) >= 11 is 0. The minimum absolute atomic E-state index is 0.176. The van der Waals surface area contributed by atoms with Crippen LogP contribution in [0.2, 0.25) is 0 Å². The Morgan fingerprint density at radius 1 is 1.30 bits per heavy atom. The summed E-state index contributed by atoms with van der Waals surface area (Å²) in [7, 11) is 0. The van der Waals surface area contributed by atoms with Crippen LogP contribution >= 0.6 is 0 Å². The highest BCUT2D eigenvalue weighted by Gasteiger charge is 2.15. The molecule has 126 valence electrons. The van der Waals surface area contributed by atoms with Crippen LogP contribution in [0.15, 0.2) is 18.5 Å². The first kappa shape index (κ1) is 17.4. The zero-order valence-corrected chi connectivity index (χ0v) is 14.5. The van der Waals surface area contributed by atoms with E-state index in [0.717, 1.165) is 62.0 Å². The van der Waals surface area contributed by atoms with Crippen molar-refractivity contribution in [3.8, 4) is 0 Å². The van der Waals surface area contributed by atoms with Crippen LogP contribution in [-0.4, -0.2) is 27.0 Å². The summed E-state index contributed by atoms with van der Waals surface area (Å²) in [5.74, 6) is 0.389. The van der Waals surface area contributed by atoms with Gasteiger partial charge >= 0.3 is 0 Å². The highest BCUT2D eigenvalue weighted by Crippen LogP contribution is 2.13. The second-order valence-electron chi connectivity index (χ2n) is 6.22. The van der Waals surface area contributed by atoms with E-state index in [2.05, 4.69) is 29.2 Å². The topological polar surface area (TPSA) is 59.3 Å². The smallest absolute Gasteiger partial charge is 0.223 e. The number of hydrogen-bond acceptors (Lipinski definition) is 3. The van der Waals surface area contributed by atoms with Crippen LogP contribution in [0, 0.1) is 12.8 Å². The van der Waals surface area contributed by atoms with E-state index in [4.69, 9.17) is 0 Å². The number of amides is 1. The van der Waals surface area contributed by atoms with Crippen molar-refractivity contribution in [1.29, 1.82) is 0 Å². The Labute approximate surface area is 138 Å². The number of aryl methyl sites for hydroxylation is 2. The van der Waals surface area contributed by atoms with Crippen molar-refractivity contribution in [3.05, 3.63) is 29.7 Å². The summed E-state index contributed by atoms with van der Waals surface area (Å²) in [6.07, 6.45) is 9.83. The van der Waals surface area contributed by atoms with E-state index >= 15 is 0 Å². The van der Waals surface area contributed by atoms with Gasteiger partial charge in [-0.15, -0.1) is 0 Å². The number of rotatable bonds is 9. The number of fused-ring (bicyclic) bond motifs is 1. The predicted octanol–water partition coefficient (Wildman–Crippen LogP) is 3.30. The Bertz CT molecular complexity index is 629. The molecule has 0 aliphatic rings. The zero-order valence-electron chi connectivity index (χ0n) is 14.5. The summed E-state index contributed by atoms with van der Waals surface area (Å²) in [5, 5.41) is 7.46. The first-order valence-electron chi connectivity index (χ1n) is 8.72. The van der Waals surface area contributed by atoms with E-state index in [1.165, 1.54) is 0 Å². The average Bonchev–Trinajstić information content (AvgIpc) is 2.90. The third-order valence-electron chi connectivity index (χ3n) is 4.08. The molecule has 0 spiro atoms. The Kier molecular flexibility index (Phi) is 6.56. The molecule has 23 heavy (non-hydrogen) atoms. The maximum atomic E-state index is 12.2. The van der Waals surface area contributed by atoms with Crippen LogP contribution in [-0.2, 0) is 11.2 Å². The Morgan fingerprint density at radius 3 is 2.74 bits per heavy atom. The van der Waals surface area contributed by atoms with Gasteiger partial charge in [0.25, 0.3) is 0 Å². The molecular weight excluding hydrogens is 288 g/mol. The highest BCUT2D eigenvalue weighted by atomic mass is 16.1. The van der Waals surface area contributed by atoms with Crippen LogP contribution in [0.1, 0.15) is 57.2 Å². The van der Waals surface area contributed by atoms with E-state index in [1.54, 1.807) is 0 Å². The minimum atomic E-state index is 0.176. The fraction of sp³-hybridized carbons (Fsp3) is 0.611. The van der Waals surface area contributed by atoms with Crippen molar-refractivity contribution >= 4 is 11.6 Å². The van der Waals surface area contributed by atoms with Crippen molar-refractivity contribution in [1.82, 2.24) is 19.9 Å². The highest BCUT2D eigenvalue weighted by molar-refractivity contribution is 5.78. The molecule has 5 nitrogen and oxygen atoms in total. The van der Waals surface area contributed by atoms with Crippen molar-refractivity contribution < 1.29 is 4.79 Å². The van der Waals surface area contributed by atoms with Gasteiger partial charge in [0.15, 0.2) is 5.65 Å². The predicted molar refractivity (Wildman–Crippen MR) is 92.4 cm³/mol. The SMILES string of the molecule is CCCC(CCC)C(=O)NCCCc1cnc2cc(C)nn2c1. The van der Waals surface area contributed by atoms with Gasteiger partial charge in [-0.1, -0.05) is 26.7 Å². The molecule has 5 heteroatoms. The lowest BCUT2D eigenvalue weighted by Gasteiger charge is -2.15. The quantitative estimate of drug-likeness (QED) is 0.722. The first-order valence-corrected chi connectivity index (χ1v) is 8.72. The monoisotopic (exact) mass is 316 g/mol. The minimum Gasteiger partial charge on any atom is -0.356 e. The summed E-state index contributed by atoms with van der Waals surface area (Å²) in [5.41, 5.74) is 3.00. The number of hydrogen-bond donors (Lipinski definition) is 1. The molecule has 0 aliphatic carbocycles. The molecule has 2 aromatic rings. The van der Waals surface area contributed by atoms with Crippen LogP contribution in [0.4, 0.5) is 0 Å². The first-order chi connectivity index (χ1) is 11.1. The Balaban J connectivity index is 1.78. The fourth-order valence-corrected chi connectivity index (χ4v) is 2.91. The van der Waals surface area contributed by atoms with Crippen LogP contribution in [0.25, 0.3) is 5.65 Å². The van der Waals surface area contributed by atoms with E-state index < -0.39 is 0 Å². The van der Waals surface area contributed by atoms with Gasteiger partial charge in [0.1, 0.15) is 0 Å². The molecule has 0 unspecified atom stereocenters. The van der Waals surface area contributed by atoms with Crippen molar-refractivity contribution in [2.24, 2.45) is 5.92 Å². The van der Waals surface area contributed by atoms with Crippen molar-refractivity contribution in [2.75, 3.05) is 6.54 Å². The molecule has 2 rings (SSSR count). The lowest BCUT2D eigenvalue weighted by Crippen LogP contribution is -2.31. The van der Waals surface area contributed by atoms with Crippen LogP contribution in [0.3, 0.4) is 0 Å². The number of aromatic nitrogens is 3. The molecule has 2 aromatic heterocycles. The van der Waals surface area contributed by atoms with Gasteiger partial charge in [-0.3, -0.25) is 4.79 Å². The molecule has 0 aliphatic heterocycles. The lowest BCUT2D eigenvalue weighted by molar-refractivity contribution is -0.125. The molecule has 0 fully saturated rings. The van der Waals surface area contributed by atoms with E-state index in [1.807, 2.05) is 29.9 Å². The van der Waals surface area contributed by atoms with E-state index in [9.17, 15) is 4.79 Å². The summed E-state index contributed by atoms with van der Waals surface area (Å²) in [6, 6.07) is 1.96. The number of carbonyl (C=O) groups excluding carboxylic acids is 1. The molecular formula is C18H28N4O. The van der Waals surface area contributed by atoms with Gasteiger partial charge in [-0.05, 0) is 38.2 Å². The summed E-state index contributed by atoms with van der Waals surface area (Å²) < 4.78 is 1.82. The van der Waals surface area contributed by atoms with E-state index in [0.29, 0.717) is 0 Å². The van der Waals surface area contributed by atoms with Crippen molar-refractivity contribution in [3.63, 3.8) is 0 Å². The third-order valence-corrected chi connectivity index (χ3v) is 4.08. The van der Waals surface area contributed by atoms with Gasteiger partial charge < -0.3 is 5.32 Å². The van der Waals surface area contributed by atoms with Crippen LogP contribution in [0.5, 0.6) is 0 Å². The molecule has 0 radical (unpaired) electrons. The molecule has 1 N–H and O–H groups in total. The van der Waals surface area contributed by atoms with Gasteiger partial charge in [0.2, 0.25) is 5.91 Å². The molecule has 0 atom stereocenters. The summed E-state index contributed by atoms with van der Waals surface area (Å²) in [6.45, 7) is 6.96. The third kappa shape index (κ3) is 5.05. The van der Waals surface area contributed by atoms with Gasteiger partial charge in [-0.25, -0.2) is 9.50 Å². The Morgan fingerprint density at radius 2 is 2.04 bits per heavy atom. The molecule has 0 aromatic carbocycles. The van der Waals surface area contributed by atoms with Gasteiger partial charge in [0.05, 0.1) is 5.69 Å². The van der Waals surface area contributed by atoms with Crippen LogP contribution < -0.4 is 5.32 Å². The molecule has 0 saturated carbocycles. The normalized spacial score (nSPS) is 11.3. The second-order valence-corrected chi connectivity index (χ2v) is 6.22. The van der Waals surface area contributed by atoms with E-state index in [-0.39, 0.29) is 11.8 Å². The largest absolute Gasteiger partial charge is 0.356 e. The van der Waals surface area contributed by atoms with Gasteiger partial charge in [0, 0.05) is 30.9 Å². The number of nitrogens with one attached hydrogen (secondary N) is 1. The fourth-order valence-electron chi connectivity index (χ4n) is 2.91. The van der Waals surface area contributed by atoms with Crippen molar-refractivity contribution in [2.45, 2.75) is 59.3 Å². The molecule has 2 heterocycles. The van der Waals surface area contributed by atoms with Gasteiger partial charge in [-0.2, -0.15) is 5.10 Å². The molecule has 1 amide bonds. The maximum absolute atomic E-state index is 12.2. The average molecular weight is 316 g/mol. The summed E-state index contributed by atoms with van der Waals surface area (Å²) in [4.78, 5) is 16.6. The maximum Gasteiger partial charge on any atom is 0.223 e. The zero-order chi connectivity index (χ0) is 16.7. The Hall–Kier alpha value is -1.91.